The van der Waals surface area contributed by atoms with Gasteiger partial charge in [0.15, 0.2) is 0 Å². The second kappa shape index (κ2) is 3.91. The Morgan fingerprint density at radius 2 is 1.82 bits per heavy atom. The minimum Gasteiger partial charge on any atom is -0.464 e. The molecule has 0 aliphatic carbocycles. The van der Waals surface area contributed by atoms with Crippen LogP contribution in [0.2, 0.25) is 0 Å². The van der Waals surface area contributed by atoms with Gasteiger partial charge in [0.25, 0.3) is 0 Å². The molecule has 0 bridgehead atoms. The molecule has 4 nitrogen and oxygen atoms in total. The highest BCUT2D eigenvalue weighted by atomic mass is 16.6. The van der Waals surface area contributed by atoms with Gasteiger partial charge in [0.05, 0.1) is 26.2 Å². The molecule has 1 N–H and O–H groups in total. The van der Waals surface area contributed by atoms with Crippen LogP contribution in [0.25, 0.3) is 21.9 Å². The monoisotopic (exact) mass is 231 g/mol. The van der Waals surface area contributed by atoms with Crippen molar-refractivity contribution >= 4 is 21.9 Å². The minimum atomic E-state index is 0.580. The molecule has 1 aromatic carbocycles. The van der Waals surface area contributed by atoms with E-state index in [2.05, 4.69) is 5.48 Å². The van der Waals surface area contributed by atoms with Crippen LogP contribution in [0.15, 0.2) is 33.5 Å². The third-order valence-electron chi connectivity index (χ3n) is 3.07. The molecule has 3 rings (SSSR count). The molecule has 0 atom stereocenters. The zero-order chi connectivity index (χ0) is 11.8. The molecule has 88 valence electrons. The van der Waals surface area contributed by atoms with Crippen LogP contribution in [0.1, 0.15) is 11.1 Å². The Labute approximate surface area is 98.1 Å². The van der Waals surface area contributed by atoms with Crippen molar-refractivity contribution in [2.75, 3.05) is 7.11 Å². The van der Waals surface area contributed by atoms with Crippen molar-refractivity contribution in [2.45, 2.75) is 13.5 Å². The first-order chi connectivity index (χ1) is 8.33. The minimum absolute atomic E-state index is 0.580. The summed E-state index contributed by atoms with van der Waals surface area (Å²) in [5.41, 5.74) is 6.81. The van der Waals surface area contributed by atoms with E-state index < -0.39 is 0 Å². The molecule has 2 heterocycles. The number of rotatable bonds is 3. The van der Waals surface area contributed by atoms with Crippen molar-refractivity contribution < 1.29 is 13.7 Å². The van der Waals surface area contributed by atoms with Gasteiger partial charge in [0, 0.05) is 21.9 Å². The van der Waals surface area contributed by atoms with Gasteiger partial charge >= 0.3 is 0 Å². The topological polar surface area (TPSA) is 47.5 Å². The Kier molecular flexibility index (Phi) is 2.39. The van der Waals surface area contributed by atoms with Gasteiger partial charge in [0.2, 0.25) is 0 Å². The van der Waals surface area contributed by atoms with E-state index in [-0.39, 0.29) is 0 Å². The SMILES string of the molecule is CONCc1c2ccoc2c(C)c2ccoc12. The second-order valence-electron chi connectivity index (χ2n) is 3.96. The Hall–Kier alpha value is -1.78. The number of furan rings is 2. The molecule has 3 aromatic rings. The molecule has 0 amide bonds. The van der Waals surface area contributed by atoms with E-state index in [0.717, 1.165) is 33.1 Å². The summed E-state index contributed by atoms with van der Waals surface area (Å²) >= 11 is 0. The fourth-order valence-corrected chi connectivity index (χ4v) is 2.24. The van der Waals surface area contributed by atoms with E-state index in [0.29, 0.717) is 6.54 Å². The van der Waals surface area contributed by atoms with Crippen LogP contribution in [-0.2, 0) is 11.4 Å². The zero-order valence-corrected chi connectivity index (χ0v) is 9.74. The number of aryl methyl sites for hydroxylation is 1. The molecule has 17 heavy (non-hydrogen) atoms. The lowest BCUT2D eigenvalue weighted by atomic mass is 10.0. The number of hydroxylamine groups is 1. The molecule has 0 aliphatic rings. The summed E-state index contributed by atoms with van der Waals surface area (Å²) in [6.07, 6.45) is 3.40. The molecule has 0 aliphatic heterocycles. The first-order valence-electron chi connectivity index (χ1n) is 5.44. The van der Waals surface area contributed by atoms with Crippen molar-refractivity contribution in [3.05, 3.63) is 35.8 Å². The summed E-state index contributed by atoms with van der Waals surface area (Å²) in [5.74, 6) is 0. The number of benzene rings is 1. The van der Waals surface area contributed by atoms with Crippen LogP contribution in [0, 0.1) is 6.92 Å². The lowest BCUT2D eigenvalue weighted by Crippen LogP contribution is -2.11. The molecular formula is C13H13NO3. The Morgan fingerprint density at radius 3 is 2.59 bits per heavy atom. The molecule has 0 fully saturated rings. The van der Waals surface area contributed by atoms with Gasteiger partial charge in [-0.2, -0.15) is 5.48 Å². The van der Waals surface area contributed by atoms with Crippen LogP contribution >= 0.6 is 0 Å². The lowest BCUT2D eigenvalue weighted by molar-refractivity contribution is 0.0871. The Balaban J connectivity index is 2.35. The highest BCUT2D eigenvalue weighted by molar-refractivity contribution is 6.01. The largest absolute Gasteiger partial charge is 0.464 e. The highest BCUT2D eigenvalue weighted by Gasteiger charge is 2.15. The summed E-state index contributed by atoms with van der Waals surface area (Å²) in [5, 5.41) is 2.15. The van der Waals surface area contributed by atoms with Crippen LogP contribution in [-0.4, -0.2) is 7.11 Å². The maximum absolute atomic E-state index is 5.57. The highest BCUT2D eigenvalue weighted by Crippen LogP contribution is 2.33. The van der Waals surface area contributed by atoms with Crippen molar-refractivity contribution in [3.63, 3.8) is 0 Å². The number of nitrogens with one attached hydrogen (secondary N) is 1. The standard InChI is InChI=1S/C13H13NO3/c1-8-9-3-5-17-13(9)11(7-14-15-2)10-4-6-16-12(8)10/h3-6,14H,7H2,1-2H3. The fourth-order valence-electron chi connectivity index (χ4n) is 2.24. The maximum atomic E-state index is 5.57. The second-order valence-corrected chi connectivity index (χ2v) is 3.96. The summed E-state index contributed by atoms with van der Waals surface area (Å²) in [6.45, 7) is 2.62. The molecule has 0 saturated heterocycles. The van der Waals surface area contributed by atoms with E-state index in [1.165, 1.54) is 0 Å². The van der Waals surface area contributed by atoms with Gasteiger partial charge < -0.3 is 13.7 Å². The third-order valence-corrected chi connectivity index (χ3v) is 3.07. The van der Waals surface area contributed by atoms with Crippen molar-refractivity contribution in [1.82, 2.24) is 5.48 Å². The van der Waals surface area contributed by atoms with Gasteiger partial charge in [-0.15, -0.1) is 0 Å². The predicted octanol–water partition coefficient (Wildman–Crippen LogP) is 3.14. The summed E-state index contributed by atoms with van der Waals surface area (Å²) < 4.78 is 11.1. The smallest absolute Gasteiger partial charge is 0.139 e. The summed E-state index contributed by atoms with van der Waals surface area (Å²) in [4.78, 5) is 4.90. The number of hydrogen-bond donors (Lipinski definition) is 1. The van der Waals surface area contributed by atoms with Crippen LogP contribution < -0.4 is 5.48 Å². The molecule has 4 heteroatoms. The summed E-state index contributed by atoms with van der Waals surface area (Å²) in [6, 6.07) is 3.92. The van der Waals surface area contributed by atoms with E-state index in [1.54, 1.807) is 19.6 Å². The normalized spacial score (nSPS) is 11.6. The lowest BCUT2D eigenvalue weighted by Gasteiger charge is -2.07. The fraction of sp³-hybridized carbons (Fsp3) is 0.231. The Morgan fingerprint density at radius 1 is 1.12 bits per heavy atom. The van der Waals surface area contributed by atoms with Crippen molar-refractivity contribution in [1.29, 1.82) is 0 Å². The van der Waals surface area contributed by atoms with Gasteiger partial charge in [-0.25, -0.2) is 0 Å². The average Bonchev–Trinajstić information content (AvgIpc) is 2.97. The first kappa shape index (κ1) is 10.4. The average molecular weight is 231 g/mol. The zero-order valence-electron chi connectivity index (χ0n) is 9.74. The van der Waals surface area contributed by atoms with E-state index >= 15 is 0 Å². The van der Waals surface area contributed by atoms with Gasteiger partial charge in [0.1, 0.15) is 11.2 Å². The first-order valence-corrected chi connectivity index (χ1v) is 5.44. The van der Waals surface area contributed by atoms with E-state index in [1.807, 2.05) is 19.1 Å². The predicted molar refractivity (Wildman–Crippen MR) is 64.6 cm³/mol. The molecule has 0 saturated carbocycles. The van der Waals surface area contributed by atoms with Gasteiger partial charge in [-0.3, -0.25) is 0 Å². The van der Waals surface area contributed by atoms with Crippen molar-refractivity contribution in [2.24, 2.45) is 0 Å². The van der Waals surface area contributed by atoms with Crippen LogP contribution in [0.5, 0.6) is 0 Å². The number of fused-ring (bicyclic) bond motifs is 2. The maximum Gasteiger partial charge on any atom is 0.139 e. The van der Waals surface area contributed by atoms with Gasteiger partial charge in [-0.1, -0.05) is 0 Å². The van der Waals surface area contributed by atoms with E-state index in [9.17, 15) is 0 Å². The van der Waals surface area contributed by atoms with E-state index in [4.69, 9.17) is 13.7 Å². The Bertz CT molecular complexity index is 614. The van der Waals surface area contributed by atoms with Crippen molar-refractivity contribution in [3.8, 4) is 0 Å². The third kappa shape index (κ3) is 1.45. The van der Waals surface area contributed by atoms with Crippen LogP contribution in [0.4, 0.5) is 0 Å². The quantitative estimate of drug-likeness (QED) is 0.703. The molecule has 0 unspecified atom stereocenters. The molecule has 2 aromatic heterocycles. The molecular weight excluding hydrogens is 218 g/mol. The van der Waals surface area contributed by atoms with Gasteiger partial charge in [-0.05, 0) is 19.1 Å². The number of hydrogen-bond acceptors (Lipinski definition) is 4. The summed E-state index contributed by atoms with van der Waals surface area (Å²) in [7, 11) is 1.60. The molecule has 0 spiro atoms. The molecule has 0 radical (unpaired) electrons. The van der Waals surface area contributed by atoms with Crippen LogP contribution in [0.3, 0.4) is 0 Å².